The lowest BCUT2D eigenvalue weighted by atomic mass is 9.95. The van der Waals surface area contributed by atoms with Gasteiger partial charge in [0.05, 0.1) is 6.10 Å². The average molecular weight is 284 g/mol. The van der Waals surface area contributed by atoms with Crippen LogP contribution in [-0.2, 0) is 0 Å². The lowest BCUT2D eigenvalue weighted by Crippen LogP contribution is -2.25. The summed E-state index contributed by atoms with van der Waals surface area (Å²) in [5, 5.41) is 0. The van der Waals surface area contributed by atoms with E-state index in [1.807, 2.05) is 12.1 Å². The normalized spacial score (nSPS) is 17.9. The number of benzene rings is 1. The van der Waals surface area contributed by atoms with Crippen molar-refractivity contribution < 1.29 is 4.74 Å². The van der Waals surface area contributed by atoms with Crippen LogP contribution in [0.1, 0.15) is 37.7 Å². The summed E-state index contributed by atoms with van der Waals surface area (Å²) >= 11 is 3.49. The van der Waals surface area contributed by atoms with Gasteiger partial charge in [-0.3, -0.25) is 0 Å². The van der Waals surface area contributed by atoms with Gasteiger partial charge in [0.15, 0.2) is 0 Å². The number of halogens is 1. The highest BCUT2D eigenvalue weighted by atomic mass is 79.9. The number of hydrogen-bond donors (Lipinski definition) is 1. The first-order chi connectivity index (χ1) is 7.70. The van der Waals surface area contributed by atoms with Crippen molar-refractivity contribution in [2.24, 2.45) is 5.73 Å². The van der Waals surface area contributed by atoms with Crippen molar-refractivity contribution in [3.05, 3.63) is 28.2 Å². The summed E-state index contributed by atoms with van der Waals surface area (Å²) in [5.74, 6) is 1.35. The summed E-state index contributed by atoms with van der Waals surface area (Å²) in [6, 6.07) is 6.19. The summed E-state index contributed by atoms with van der Waals surface area (Å²) in [4.78, 5) is 0. The van der Waals surface area contributed by atoms with E-state index < -0.39 is 0 Å². The molecule has 88 valence electrons. The Labute approximate surface area is 105 Å². The van der Waals surface area contributed by atoms with Crippen molar-refractivity contribution in [1.29, 1.82) is 0 Å². The van der Waals surface area contributed by atoms with Crippen molar-refractivity contribution in [2.75, 3.05) is 6.54 Å². The van der Waals surface area contributed by atoms with E-state index >= 15 is 0 Å². The Kier molecular flexibility index (Phi) is 3.87. The van der Waals surface area contributed by atoms with E-state index in [4.69, 9.17) is 10.5 Å². The third-order valence-electron chi connectivity index (χ3n) is 3.20. The molecule has 1 aliphatic rings. The Bertz CT molecular complexity index is 363. The van der Waals surface area contributed by atoms with Gasteiger partial charge in [-0.15, -0.1) is 0 Å². The van der Waals surface area contributed by atoms with E-state index in [-0.39, 0.29) is 0 Å². The number of ether oxygens (including phenoxy) is 1. The molecule has 1 unspecified atom stereocenters. The van der Waals surface area contributed by atoms with Crippen LogP contribution in [0.4, 0.5) is 0 Å². The Hall–Kier alpha value is -0.540. The molecule has 16 heavy (non-hydrogen) atoms. The molecular weight excluding hydrogens is 266 g/mol. The standard InChI is InChI=1S/C13H18BrNO/c1-9(8-15)12-7-10(14)5-6-13(12)16-11-3-2-4-11/h5-7,9,11H,2-4,8,15H2,1H3. The molecule has 1 atom stereocenters. The zero-order chi connectivity index (χ0) is 11.5. The zero-order valence-electron chi connectivity index (χ0n) is 9.58. The minimum absolute atomic E-state index is 0.340. The molecule has 1 aliphatic carbocycles. The molecule has 0 saturated heterocycles. The van der Waals surface area contributed by atoms with Crippen molar-refractivity contribution >= 4 is 15.9 Å². The van der Waals surface area contributed by atoms with Crippen LogP contribution in [0.25, 0.3) is 0 Å². The van der Waals surface area contributed by atoms with Crippen LogP contribution in [-0.4, -0.2) is 12.6 Å². The van der Waals surface area contributed by atoms with Gasteiger partial charge in [-0.1, -0.05) is 22.9 Å². The molecule has 1 aromatic rings. The number of rotatable bonds is 4. The molecule has 0 radical (unpaired) electrons. The van der Waals surface area contributed by atoms with Gasteiger partial charge < -0.3 is 10.5 Å². The fourth-order valence-corrected chi connectivity index (χ4v) is 2.19. The van der Waals surface area contributed by atoms with E-state index in [1.54, 1.807) is 0 Å². The minimum Gasteiger partial charge on any atom is -0.490 e. The van der Waals surface area contributed by atoms with E-state index in [9.17, 15) is 0 Å². The molecule has 0 heterocycles. The Balaban J connectivity index is 2.20. The summed E-state index contributed by atoms with van der Waals surface area (Å²) in [6.07, 6.45) is 4.09. The first-order valence-corrected chi connectivity index (χ1v) is 6.66. The van der Waals surface area contributed by atoms with Gasteiger partial charge >= 0.3 is 0 Å². The SMILES string of the molecule is CC(CN)c1cc(Br)ccc1OC1CCC1. The van der Waals surface area contributed by atoms with Gasteiger partial charge in [-0.25, -0.2) is 0 Å². The van der Waals surface area contributed by atoms with E-state index in [1.165, 1.54) is 24.8 Å². The quantitative estimate of drug-likeness (QED) is 0.919. The summed E-state index contributed by atoms with van der Waals surface area (Å²) in [7, 11) is 0. The molecule has 2 N–H and O–H groups in total. The van der Waals surface area contributed by atoms with Crippen LogP contribution < -0.4 is 10.5 Å². The molecule has 1 saturated carbocycles. The van der Waals surface area contributed by atoms with E-state index in [0.29, 0.717) is 18.6 Å². The van der Waals surface area contributed by atoms with Crippen LogP contribution in [0, 0.1) is 0 Å². The molecule has 1 fully saturated rings. The van der Waals surface area contributed by atoms with Crippen molar-refractivity contribution in [2.45, 2.75) is 38.2 Å². The highest BCUT2D eigenvalue weighted by Crippen LogP contribution is 2.33. The molecule has 0 spiro atoms. The zero-order valence-corrected chi connectivity index (χ0v) is 11.2. The second-order valence-corrected chi connectivity index (χ2v) is 5.41. The summed E-state index contributed by atoms with van der Waals surface area (Å²) in [5.41, 5.74) is 6.94. The molecule has 2 rings (SSSR count). The van der Waals surface area contributed by atoms with Crippen LogP contribution >= 0.6 is 15.9 Å². The predicted octanol–water partition coefficient (Wildman–Crippen LogP) is 3.44. The molecular formula is C13H18BrNO. The number of hydrogen-bond acceptors (Lipinski definition) is 2. The Morgan fingerprint density at radius 2 is 2.25 bits per heavy atom. The molecule has 1 aromatic carbocycles. The van der Waals surface area contributed by atoms with Gasteiger partial charge in [0, 0.05) is 4.47 Å². The maximum Gasteiger partial charge on any atom is 0.123 e. The van der Waals surface area contributed by atoms with Crippen LogP contribution in [0.3, 0.4) is 0 Å². The smallest absolute Gasteiger partial charge is 0.123 e. The van der Waals surface area contributed by atoms with Crippen molar-refractivity contribution in [3.8, 4) is 5.75 Å². The van der Waals surface area contributed by atoms with Gasteiger partial charge in [-0.2, -0.15) is 0 Å². The number of nitrogens with two attached hydrogens (primary N) is 1. The maximum absolute atomic E-state index is 5.98. The Morgan fingerprint density at radius 1 is 1.50 bits per heavy atom. The molecule has 0 aliphatic heterocycles. The topological polar surface area (TPSA) is 35.2 Å². The summed E-state index contributed by atoms with van der Waals surface area (Å²) < 4.78 is 7.07. The van der Waals surface area contributed by atoms with Gasteiger partial charge in [0.25, 0.3) is 0 Å². The first-order valence-electron chi connectivity index (χ1n) is 5.87. The van der Waals surface area contributed by atoms with Gasteiger partial charge in [-0.05, 0) is 55.5 Å². The van der Waals surface area contributed by atoms with Gasteiger partial charge in [0.2, 0.25) is 0 Å². The second kappa shape index (κ2) is 5.19. The lowest BCUT2D eigenvalue weighted by Gasteiger charge is -2.28. The fraction of sp³-hybridized carbons (Fsp3) is 0.538. The first kappa shape index (κ1) is 11.9. The lowest BCUT2D eigenvalue weighted by molar-refractivity contribution is 0.118. The Morgan fingerprint density at radius 3 is 2.81 bits per heavy atom. The maximum atomic E-state index is 5.98. The minimum atomic E-state index is 0.340. The third-order valence-corrected chi connectivity index (χ3v) is 3.70. The van der Waals surface area contributed by atoms with E-state index in [2.05, 4.69) is 28.9 Å². The highest BCUT2D eigenvalue weighted by molar-refractivity contribution is 9.10. The molecule has 0 amide bonds. The summed E-state index contributed by atoms with van der Waals surface area (Å²) in [6.45, 7) is 2.78. The van der Waals surface area contributed by atoms with Crippen LogP contribution in [0.5, 0.6) is 5.75 Å². The molecule has 3 heteroatoms. The molecule has 0 aromatic heterocycles. The van der Waals surface area contributed by atoms with Crippen LogP contribution in [0.15, 0.2) is 22.7 Å². The largest absolute Gasteiger partial charge is 0.490 e. The van der Waals surface area contributed by atoms with Crippen molar-refractivity contribution in [3.63, 3.8) is 0 Å². The average Bonchev–Trinajstić information content (AvgIpc) is 2.23. The fourth-order valence-electron chi connectivity index (χ4n) is 1.81. The molecule has 0 bridgehead atoms. The van der Waals surface area contributed by atoms with Gasteiger partial charge in [0.1, 0.15) is 5.75 Å². The van der Waals surface area contributed by atoms with Crippen molar-refractivity contribution in [1.82, 2.24) is 0 Å². The van der Waals surface area contributed by atoms with Crippen LogP contribution in [0.2, 0.25) is 0 Å². The predicted molar refractivity (Wildman–Crippen MR) is 69.9 cm³/mol. The third kappa shape index (κ3) is 2.58. The monoisotopic (exact) mass is 283 g/mol. The molecule has 2 nitrogen and oxygen atoms in total. The van der Waals surface area contributed by atoms with E-state index in [0.717, 1.165) is 10.2 Å². The second-order valence-electron chi connectivity index (χ2n) is 4.49. The highest BCUT2D eigenvalue weighted by Gasteiger charge is 2.21.